The maximum Gasteiger partial charge on any atom is 0.272 e. The van der Waals surface area contributed by atoms with Gasteiger partial charge in [-0.25, -0.2) is 9.07 Å². The van der Waals surface area contributed by atoms with E-state index in [1.165, 1.54) is 12.1 Å². The van der Waals surface area contributed by atoms with Gasteiger partial charge in [-0.15, -0.1) is 0 Å². The Morgan fingerprint density at radius 3 is 2.76 bits per heavy atom. The number of hydrogen-bond acceptors (Lipinski definition) is 2. The van der Waals surface area contributed by atoms with Gasteiger partial charge in [0.25, 0.3) is 5.91 Å². The number of nitrogens with zero attached hydrogens (tertiary/aromatic N) is 2. The fourth-order valence-electron chi connectivity index (χ4n) is 2.79. The molecule has 0 fully saturated rings. The van der Waals surface area contributed by atoms with Crippen molar-refractivity contribution < 1.29 is 9.18 Å². The summed E-state index contributed by atoms with van der Waals surface area (Å²) in [5.41, 5.74) is 3.38. The van der Waals surface area contributed by atoms with Crippen molar-refractivity contribution in [2.24, 2.45) is 0 Å². The molecule has 2 aromatic heterocycles. The molecule has 2 N–H and O–H groups in total. The summed E-state index contributed by atoms with van der Waals surface area (Å²) in [5, 5.41) is 7.48. The Labute approximate surface area is 143 Å². The summed E-state index contributed by atoms with van der Waals surface area (Å²) >= 11 is 0. The highest BCUT2D eigenvalue weighted by molar-refractivity contribution is 6.06. The molecule has 0 atom stereocenters. The molecule has 4 rings (SSSR count). The zero-order valence-corrected chi connectivity index (χ0v) is 13.5. The van der Waals surface area contributed by atoms with Gasteiger partial charge in [0.15, 0.2) is 0 Å². The molecule has 6 heteroatoms. The van der Waals surface area contributed by atoms with Crippen LogP contribution in [0.1, 0.15) is 16.2 Å². The molecule has 0 aliphatic heterocycles. The largest absolute Gasteiger partial charge is 0.350 e. The Kier molecular flexibility index (Phi) is 3.57. The Balaban J connectivity index is 1.62. The van der Waals surface area contributed by atoms with Crippen LogP contribution >= 0.6 is 0 Å². The number of amides is 1. The lowest BCUT2D eigenvalue weighted by molar-refractivity contribution is 0.102. The van der Waals surface area contributed by atoms with Crippen LogP contribution in [0.15, 0.2) is 60.8 Å². The lowest BCUT2D eigenvalue weighted by atomic mass is 10.2. The normalized spacial score (nSPS) is 11.0. The predicted molar refractivity (Wildman–Crippen MR) is 94.5 cm³/mol. The molecular weight excluding hydrogens is 319 g/mol. The summed E-state index contributed by atoms with van der Waals surface area (Å²) in [6, 6.07) is 15.5. The lowest BCUT2D eigenvalue weighted by Crippen LogP contribution is -2.12. The number of aryl methyl sites for hydroxylation is 1. The smallest absolute Gasteiger partial charge is 0.272 e. The first-order valence-electron chi connectivity index (χ1n) is 7.81. The number of nitrogens with one attached hydrogen (secondary N) is 2. The fraction of sp³-hybridized carbons (Fsp3) is 0.0526. The van der Waals surface area contributed by atoms with Crippen molar-refractivity contribution in [2.75, 3.05) is 5.32 Å². The maximum atomic E-state index is 13.8. The van der Waals surface area contributed by atoms with Crippen molar-refractivity contribution in [3.05, 3.63) is 78.0 Å². The highest BCUT2D eigenvalue weighted by atomic mass is 19.1. The first kappa shape index (κ1) is 15.1. The standard InChI is InChI=1S/C19H15FN4O/c1-12-8-9-21-24(12)14-5-2-4-13(10-14)22-19(25)18-11-15-16(20)6-3-7-17(15)23-18/h2-11,23H,1H3,(H,22,25). The Morgan fingerprint density at radius 1 is 1.16 bits per heavy atom. The van der Waals surface area contributed by atoms with Crippen molar-refractivity contribution >= 4 is 22.5 Å². The van der Waals surface area contributed by atoms with Crippen LogP contribution in [-0.4, -0.2) is 20.7 Å². The van der Waals surface area contributed by atoms with E-state index in [0.29, 0.717) is 22.3 Å². The molecule has 0 saturated carbocycles. The molecule has 0 aliphatic carbocycles. The number of benzene rings is 2. The molecule has 0 spiro atoms. The van der Waals surface area contributed by atoms with Crippen LogP contribution in [0.25, 0.3) is 16.6 Å². The van der Waals surface area contributed by atoms with Gasteiger partial charge >= 0.3 is 0 Å². The minimum atomic E-state index is -0.357. The second-order valence-electron chi connectivity index (χ2n) is 5.77. The van der Waals surface area contributed by atoms with Crippen molar-refractivity contribution in [1.82, 2.24) is 14.8 Å². The third kappa shape index (κ3) is 2.78. The van der Waals surface area contributed by atoms with E-state index in [-0.39, 0.29) is 11.7 Å². The number of aromatic nitrogens is 3. The van der Waals surface area contributed by atoms with Crippen molar-refractivity contribution in [3.8, 4) is 5.69 Å². The summed E-state index contributed by atoms with van der Waals surface area (Å²) in [6.45, 7) is 1.96. The second kappa shape index (κ2) is 5.90. The van der Waals surface area contributed by atoms with Crippen molar-refractivity contribution in [3.63, 3.8) is 0 Å². The number of carbonyl (C=O) groups excluding carboxylic acids is 1. The first-order valence-corrected chi connectivity index (χ1v) is 7.81. The monoisotopic (exact) mass is 334 g/mol. The van der Waals surface area contributed by atoms with Gasteiger partial charge < -0.3 is 10.3 Å². The van der Waals surface area contributed by atoms with Gasteiger partial charge in [-0.3, -0.25) is 4.79 Å². The molecule has 25 heavy (non-hydrogen) atoms. The van der Waals surface area contributed by atoms with Crippen molar-refractivity contribution in [1.29, 1.82) is 0 Å². The Bertz CT molecular complexity index is 1080. The van der Waals surface area contributed by atoms with Gasteiger partial charge in [-0.2, -0.15) is 5.10 Å². The molecule has 124 valence electrons. The van der Waals surface area contributed by atoms with E-state index in [9.17, 15) is 9.18 Å². The number of hydrogen-bond donors (Lipinski definition) is 2. The predicted octanol–water partition coefficient (Wildman–Crippen LogP) is 4.05. The van der Waals surface area contributed by atoms with E-state index >= 15 is 0 Å². The molecule has 0 unspecified atom stereocenters. The number of carbonyl (C=O) groups is 1. The van der Waals surface area contributed by atoms with E-state index < -0.39 is 0 Å². The second-order valence-corrected chi connectivity index (χ2v) is 5.77. The van der Waals surface area contributed by atoms with Crippen LogP contribution in [-0.2, 0) is 0 Å². The zero-order valence-electron chi connectivity index (χ0n) is 13.5. The van der Waals surface area contributed by atoms with E-state index in [4.69, 9.17) is 0 Å². The molecule has 4 aromatic rings. The molecule has 2 aromatic carbocycles. The van der Waals surface area contributed by atoms with Gasteiger partial charge in [0.2, 0.25) is 0 Å². The zero-order chi connectivity index (χ0) is 17.4. The van der Waals surface area contributed by atoms with Crippen LogP contribution in [0.4, 0.5) is 10.1 Å². The molecule has 0 bridgehead atoms. The third-order valence-corrected chi connectivity index (χ3v) is 4.04. The molecule has 0 aliphatic rings. The molecule has 0 radical (unpaired) electrons. The van der Waals surface area contributed by atoms with Crippen molar-refractivity contribution in [2.45, 2.75) is 6.92 Å². The van der Waals surface area contributed by atoms with Crippen LogP contribution < -0.4 is 5.32 Å². The quantitative estimate of drug-likeness (QED) is 0.593. The minimum Gasteiger partial charge on any atom is -0.350 e. The number of anilines is 1. The summed E-state index contributed by atoms with van der Waals surface area (Å²) in [7, 11) is 0. The summed E-state index contributed by atoms with van der Waals surface area (Å²) in [4.78, 5) is 15.4. The Morgan fingerprint density at radius 2 is 2.00 bits per heavy atom. The molecule has 5 nitrogen and oxygen atoms in total. The average molecular weight is 334 g/mol. The average Bonchev–Trinajstić information content (AvgIpc) is 3.22. The van der Waals surface area contributed by atoms with Crippen LogP contribution in [0.3, 0.4) is 0 Å². The number of fused-ring (bicyclic) bond motifs is 1. The van der Waals surface area contributed by atoms with Crippen LogP contribution in [0.5, 0.6) is 0 Å². The van der Waals surface area contributed by atoms with E-state index in [1.807, 2.05) is 31.2 Å². The van der Waals surface area contributed by atoms with Crippen LogP contribution in [0.2, 0.25) is 0 Å². The minimum absolute atomic E-state index is 0.306. The van der Waals surface area contributed by atoms with Gasteiger partial charge in [0.05, 0.1) is 5.69 Å². The molecular formula is C19H15FN4O. The number of H-pyrrole nitrogens is 1. The fourth-order valence-corrected chi connectivity index (χ4v) is 2.79. The number of halogens is 1. The number of aromatic amines is 1. The van der Waals surface area contributed by atoms with Gasteiger partial charge in [-0.1, -0.05) is 12.1 Å². The maximum absolute atomic E-state index is 13.8. The van der Waals surface area contributed by atoms with E-state index in [0.717, 1.165) is 11.4 Å². The first-order chi connectivity index (χ1) is 12.1. The Hall–Kier alpha value is -3.41. The number of rotatable bonds is 3. The molecule has 0 saturated heterocycles. The lowest BCUT2D eigenvalue weighted by Gasteiger charge is -2.08. The highest BCUT2D eigenvalue weighted by Gasteiger charge is 2.12. The molecule has 2 heterocycles. The molecule has 1 amide bonds. The topological polar surface area (TPSA) is 62.7 Å². The SMILES string of the molecule is Cc1ccnn1-c1cccc(NC(=O)c2cc3c(F)cccc3[nH]2)c1. The van der Waals surface area contributed by atoms with Gasteiger partial charge in [-0.05, 0) is 49.4 Å². The van der Waals surface area contributed by atoms with E-state index in [1.54, 1.807) is 29.1 Å². The van der Waals surface area contributed by atoms with Crippen LogP contribution in [0, 0.1) is 12.7 Å². The summed E-state index contributed by atoms with van der Waals surface area (Å²) < 4.78 is 15.6. The highest BCUT2D eigenvalue weighted by Crippen LogP contribution is 2.20. The van der Waals surface area contributed by atoms with Gasteiger partial charge in [0, 0.05) is 28.5 Å². The van der Waals surface area contributed by atoms with E-state index in [2.05, 4.69) is 15.4 Å². The summed E-state index contributed by atoms with van der Waals surface area (Å²) in [6.07, 6.45) is 1.72. The van der Waals surface area contributed by atoms with Gasteiger partial charge in [0.1, 0.15) is 11.5 Å². The third-order valence-electron chi connectivity index (χ3n) is 4.04. The summed E-state index contributed by atoms with van der Waals surface area (Å²) in [5.74, 6) is -0.686.